The Morgan fingerprint density at radius 1 is 1.00 bits per heavy atom. The third-order valence-corrected chi connectivity index (χ3v) is 4.35. The van der Waals surface area contributed by atoms with Gasteiger partial charge < -0.3 is 4.90 Å². The maximum atomic E-state index is 13.3. The quantitative estimate of drug-likeness (QED) is 0.862. The number of benzene rings is 2. The van der Waals surface area contributed by atoms with Crippen LogP contribution in [0.3, 0.4) is 0 Å². The van der Waals surface area contributed by atoms with Gasteiger partial charge in [-0.15, -0.1) is 0 Å². The maximum Gasteiger partial charge on any atom is 0.254 e. The zero-order valence-corrected chi connectivity index (χ0v) is 13.5. The molecule has 2 aromatic rings. The van der Waals surface area contributed by atoms with E-state index < -0.39 is 11.9 Å². The van der Waals surface area contributed by atoms with Crippen LogP contribution in [0.2, 0.25) is 0 Å². The van der Waals surface area contributed by atoms with Crippen molar-refractivity contribution in [1.29, 1.82) is 5.26 Å². The Morgan fingerprint density at radius 2 is 1.68 bits per heavy atom. The summed E-state index contributed by atoms with van der Waals surface area (Å²) in [6, 6.07) is 13.3. The van der Waals surface area contributed by atoms with Gasteiger partial charge in [0.15, 0.2) is 0 Å². The summed E-state index contributed by atoms with van der Waals surface area (Å²) < 4.78 is 26.3. The number of carbonyl (C=O) groups excluding carboxylic acids is 1. The molecule has 0 bridgehead atoms. The van der Waals surface area contributed by atoms with Gasteiger partial charge in [0.25, 0.3) is 5.91 Å². The number of nitrogens with zero attached hydrogens (tertiary/aromatic N) is 3. The monoisotopic (exact) mass is 341 g/mol. The number of piperazine rings is 1. The fourth-order valence-electron chi connectivity index (χ4n) is 3.00. The number of hydrogen-bond acceptors (Lipinski definition) is 3. The van der Waals surface area contributed by atoms with Crippen molar-refractivity contribution >= 4 is 5.91 Å². The van der Waals surface area contributed by atoms with Gasteiger partial charge in [-0.3, -0.25) is 9.69 Å². The van der Waals surface area contributed by atoms with E-state index in [9.17, 15) is 18.8 Å². The van der Waals surface area contributed by atoms with E-state index in [1.165, 1.54) is 30.3 Å². The Balaban J connectivity index is 1.65. The van der Waals surface area contributed by atoms with Crippen LogP contribution in [-0.2, 0) is 0 Å². The number of amides is 1. The summed E-state index contributed by atoms with van der Waals surface area (Å²) in [6.45, 7) is 1.96. The summed E-state index contributed by atoms with van der Waals surface area (Å²) >= 11 is 0. The van der Waals surface area contributed by atoms with E-state index in [0.717, 1.165) is 5.56 Å². The van der Waals surface area contributed by atoms with Gasteiger partial charge in [-0.25, -0.2) is 8.78 Å². The molecule has 128 valence electrons. The van der Waals surface area contributed by atoms with Gasteiger partial charge in [0, 0.05) is 31.7 Å². The van der Waals surface area contributed by atoms with Gasteiger partial charge in [0.2, 0.25) is 0 Å². The van der Waals surface area contributed by atoms with Crippen LogP contribution >= 0.6 is 0 Å². The minimum Gasteiger partial charge on any atom is -0.336 e. The molecule has 25 heavy (non-hydrogen) atoms. The number of nitriles is 1. The minimum atomic E-state index is -0.480. The SMILES string of the molecule is N#CC(c1ccc(F)cc1)N1CCN(C(=O)c2cccc(F)c2)CC1. The highest BCUT2D eigenvalue weighted by Gasteiger charge is 2.27. The largest absolute Gasteiger partial charge is 0.336 e. The zero-order valence-electron chi connectivity index (χ0n) is 13.5. The van der Waals surface area contributed by atoms with Crippen molar-refractivity contribution in [2.24, 2.45) is 0 Å². The Morgan fingerprint density at radius 3 is 2.28 bits per heavy atom. The molecule has 0 radical (unpaired) electrons. The lowest BCUT2D eigenvalue weighted by Gasteiger charge is -2.37. The smallest absolute Gasteiger partial charge is 0.254 e. The van der Waals surface area contributed by atoms with E-state index in [0.29, 0.717) is 31.7 Å². The first-order chi connectivity index (χ1) is 12.1. The van der Waals surface area contributed by atoms with Crippen molar-refractivity contribution in [3.8, 4) is 6.07 Å². The molecule has 0 saturated carbocycles. The van der Waals surface area contributed by atoms with Crippen LogP contribution in [0.15, 0.2) is 48.5 Å². The molecular formula is C19H17F2N3O. The fourth-order valence-corrected chi connectivity index (χ4v) is 3.00. The lowest BCUT2D eigenvalue weighted by atomic mass is 10.1. The molecular weight excluding hydrogens is 324 g/mol. The summed E-state index contributed by atoms with van der Waals surface area (Å²) in [6.07, 6.45) is 0. The van der Waals surface area contributed by atoms with Crippen LogP contribution in [0.5, 0.6) is 0 Å². The second-order valence-electron chi connectivity index (χ2n) is 5.92. The highest BCUT2D eigenvalue weighted by molar-refractivity contribution is 5.94. The Hall–Kier alpha value is -2.78. The minimum absolute atomic E-state index is 0.213. The van der Waals surface area contributed by atoms with Crippen LogP contribution in [0, 0.1) is 23.0 Å². The van der Waals surface area contributed by atoms with Crippen molar-refractivity contribution in [2.45, 2.75) is 6.04 Å². The van der Waals surface area contributed by atoms with E-state index in [-0.39, 0.29) is 11.7 Å². The molecule has 1 amide bonds. The molecule has 1 saturated heterocycles. The Kier molecular flexibility index (Phi) is 5.05. The molecule has 0 aromatic heterocycles. The molecule has 3 rings (SSSR count). The molecule has 1 fully saturated rings. The van der Waals surface area contributed by atoms with E-state index >= 15 is 0 Å². The van der Waals surface area contributed by atoms with Gasteiger partial charge in [-0.05, 0) is 35.9 Å². The molecule has 2 aromatic carbocycles. The molecule has 1 heterocycles. The van der Waals surface area contributed by atoms with Crippen molar-refractivity contribution in [3.05, 3.63) is 71.3 Å². The Labute approximate surface area is 144 Å². The third-order valence-electron chi connectivity index (χ3n) is 4.35. The normalized spacial score (nSPS) is 16.3. The van der Waals surface area contributed by atoms with Crippen molar-refractivity contribution in [3.63, 3.8) is 0 Å². The first-order valence-electron chi connectivity index (χ1n) is 8.02. The lowest BCUT2D eigenvalue weighted by molar-refractivity contribution is 0.0606. The molecule has 1 aliphatic rings. The average Bonchev–Trinajstić information content (AvgIpc) is 2.64. The fraction of sp³-hybridized carbons (Fsp3) is 0.263. The Bertz CT molecular complexity index is 793. The summed E-state index contributed by atoms with van der Waals surface area (Å²) in [5.74, 6) is -0.995. The third kappa shape index (κ3) is 3.83. The van der Waals surface area contributed by atoms with E-state index in [1.54, 1.807) is 23.1 Å². The number of hydrogen-bond donors (Lipinski definition) is 0. The van der Waals surface area contributed by atoms with Gasteiger partial charge in [0.05, 0.1) is 6.07 Å². The second-order valence-corrected chi connectivity index (χ2v) is 5.92. The van der Waals surface area contributed by atoms with E-state index in [2.05, 4.69) is 6.07 Å². The summed E-state index contributed by atoms with van der Waals surface area (Å²) in [5, 5.41) is 9.48. The van der Waals surface area contributed by atoms with E-state index in [4.69, 9.17) is 0 Å². The first-order valence-corrected chi connectivity index (χ1v) is 8.02. The maximum absolute atomic E-state index is 13.3. The molecule has 1 aliphatic heterocycles. The molecule has 1 unspecified atom stereocenters. The molecule has 0 N–H and O–H groups in total. The summed E-state index contributed by atoms with van der Waals surface area (Å²) in [4.78, 5) is 16.1. The number of halogens is 2. The summed E-state index contributed by atoms with van der Waals surface area (Å²) in [7, 11) is 0. The highest BCUT2D eigenvalue weighted by Crippen LogP contribution is 2.22. The molecule has 1 atom stereocenters. The summed E-state index contributed by atoms with van der Waals surface area (Å²) in [5.41, 5.74) is 1.05. The average molecular weight is 341 g/mol. The number of rotatable bonds is 3. The molecule has 6 heteroatoms. The predicted molar refractivity (Wildman–Crippen MR) is 88.6 cm³/mol. The molecule has 0 spiro atoms. The lowest BCUT2D eigenvalue weighted by Crippen LogP contribution is -2.49. The zero-order chi connectivity index (χ0) is 17.8. The van der Waals surface area contributed by atoms with Gasteiger partial charge in [-0.2, -0.15) is 5.26 Å². The molecule has 4 nitrogen and oxygen atoms in total. The molecule has 0 aliphatic carbocycles. The predicted octanol–water partition coefficient (Wildman–Crippen LogP) is 2.99. The number of carbonyl (C=O) groups is 1. The first kappa shape index (κ1) is 17.1. The van der Waals surface area contributed by atoms with Crippen molar-refractivity contribution < 1.29 is 13.6 Å². The standard InChI is InChI=1S/C19H17F2N3O/c20-16-6-4-14(5-7-16)18(13-22)23-8-10-24(11-9-23)19(25)15-2-1-3-17(21)12-15/h1-7,12,18H,8-11H2. The van der Waals surface area contributed by atoms with Crippen LogP contribution in [0.4, 0.5) is 8.78 Å². The highest BCUT2D eigenvalue weighted by atomic mass is 19.1. The van der Waals surface area contributed by atoms with Crippen LogP contribution < -0.4 is 0 Å². The van der Waals surface area contributed by atoms with Crippen molar-refractivity contribution in [2.75, 3.05) is 26.2 Å². The van der Waals surface area contributed by atoms with Crippen LogP contribution in [-0.4, -0.2) is 41.9 Å². The van der Waals surface area contributed by atoms with Gasteiger partial charge in [-0.1, -0.05) is 18.2 Å². The van der Waals surface area contributed by atoms with Gasteiger partial charge >= 0.3 is 0 Å². The second kappa shape index (κ2) is 7.41. The van der Waals surface area contributed by atoms with Gasteiger partial charge in [0.1, 0.15) is 17.7 Å². The van der Waals surface area contributed by atoms with Crippen LogP contribution in [0.25, 0.3) is 0 Å². The topological polar surface area (TPSA) is 47.3 Å². The van der Waals surface area contributed by atoms with Crippen LogP contribution in [0.1, 0.15) is 22.0 Å². The van der Waals surface area contributed by atoms with E-state index in [1.807, 2.05) is 4.90 Å². The van der Waals surface area contributed by atoms with Crippen molar-refractivity contribution in [1.82, 2.24) is 9.80 Å².